The van der Waals surface area contributed by atoms with Crippen molar-refractivity contribution in [3.63, 3.8) is 0 Å². The molecule has 6 saturated heterocycles. The van der Waals surface area contributed by atoms with Crippen molar-refractivity contribution in [1.82, 2.24) is 25.6 Å². The molecule has 4 bridgehead atoms. The lowest BCUT2D eigenvalue weighted by Gasteiger charge is -2.47. The lowest BCUT2D eigenvalue weighted by Crippen LogP contribution is -2.64. The molecule has 8 N–H and O–H groups in total. The van der Waals surface area contributed by atoms with E-state index in [9.17, 15) is 35.1 Å². The first kappa shape index (κ1) is 37.4. The predicted molar refractivity (Wildman–Crippen MR) is 158 cm³/mol. The summed E-state index contributed by atoms with van der Waals surface area (Å²) in [4.78, 5) is 25.2. The number of likely N-dealkylation sites (N-methyl/N-ethyl adjacent to an activating group) is 1. The number of nitrogens with zero attached hydrogens (tertiary/aromatic N) is 3. The topological polar surface area (TPSA) is 257 Å². The van der Waals surface area contributed by atoms with E-state index in [1.807, 2.05) is 0 Å². The molecule has 1 aromatic rings. The summed E-state index contributed by atoms with van der Waals surface area (Å²) in [7, 11) is 3.13. The zero-order valence-corrected chi connectivity index (χ0v) is 26.6. The number of carbonyl (C=O) groups is 2. The minimum atomic E-state index is -1.55. The summed E-state index contributed by atoms with van der Waals surface area (Å²) in [6.45, 7) is 1.05. The summed E-state index contributed by atoms with van der Waals surface area (Å²) in [6, 6.07) is -0.804. The van der Waals surface area contributed by atoms with E-state index < -0.39 is 79.8 Å². The maximum absolute atomic E-state index is 12.7. The van der Waals surface area contributed by atoms with Crippen LogP contribution in [0.3, 0.4) is 0 Å². The van der Waals surface area contributed by atoms with E-state index in [0.29, 0.717) is 39.1 Å². The second-order valence-corrected chi connectivity index (χ2v) is 11.7. The van der Waals surface area contributed by atoms with Crippen LogP contribution in [-0.4, -0.2) is 167 Å². The third kappa shape index (κ3) is 10.1. The Morgan fingerprint density at radius 3 is 2.53 bits per heavy atom. The monoisotopic (exact) mass is 676 g/mol. The van der Waals surface area contributed by atoms with Crippen LogP contribution in [-0.2, 0) is 44.6 Å². The van der Waals surface area contributed by atoms with Crippen molar-refractivity contribution in [2.45, 2.75) is 93.6 Å². The molecule has 0 spiro atoms. The van der Waals surface area contributed by atoms with Crippen molar-refractivity contribution in [2.75, 3.05) is 59.1 Å². The Kier molecular flexibility index (Phi) is 14.6. The number of aliphatic hydroxyl groups is 5. The zero-order chi connectivity index (χ0) is 33.9. The van der Waals surface area contributed by atoms with Gasteiger partial charge >= 0.3 is 0 Å². The quantitative estimate of drug-likeness (QED) is 0.0875. The van der Waals surface area contributed by atoms with Crippen molar-refractivity contribution >= 4 is 17.6 Å². The van der Waals surface area contributed by atoms with Crippen LogP contribution >= 0.6 is 0 Å². The van der Waals surface area contributed by atoms with E-state index in [1.165, 1.54) is 10.9 Å². The molecule has 1 aromatic heterocycles. The Morgan fingerprint density at radius 2 is 1.79 bits per heavy atom. The zero-order valence-electron chi connectivity index (χ0n) is 26.6. The summed E-state index contributed by atoms with van der Waals surface area (Å²) < 4.78 is 34.8. The van der Waals surface area contributed by atoms with E-state index in [2.05, 4.69) is 26.3 Å². The number of amides is 2. The number of ether oxygens (including phenoxy) is 6. The number of anilines is 1. The smallest absolute Gasteiger partial charge is 0.237 e. The van der Waals surface area contributed by atoms with Gasteiger partial charge in [-0.3, -0.25) is 9.59 Å². The number of aromatic nitrogens is 3. The number of hydrogen-bond acceptors (Lipinski definition) is 16. The third-order valence-electron chi connectivity index (χ3n) is 8.38. The molecule has 268 valence electrons. The highest BCUT2D eigenvalue weighted by Gasteiger charge is 2.51. The van der Waals surface area contributed by atoms with Gasteiger partial charge in [0.05, 0.1) is 63.8 Å². The number of methoxy groups -OCH3 is 1. The number of nitrogens with one attached hydrogen (secondary N) is 3. The molecule has 7 rings (SSSR count). The number of aliphatic hydroxyl groups excluding tert-OH is 5. The lowest BCUT2D eigenvalue weighted by atomic mass is 9.84. The number of carbonyl (C=O) groups excluding carboxylic acids is 2. The highest BCUT2D eigenvalue weighted by atomic mass is 16.7. The van der Waals surface area contributed by atoms with Gasteiger partial charge in [0.2, 0.25) is 11.8 Å². The van der Waals surface area contributed by atoms with Gasteiger partial charge < -0.3 is 69.9 Å². The van der Waals surface area contributed by atoms with Crippen LogP contribution in [0, 0.1) is 5.92 Å². The van der Waals surface area contributed by atoms with Crippen LogP contribution in [0.25, 0.3) is 0 Å². The fourth-order valence-corrected chi connectivity index (χ4v) is 5.78. The van der Waals surface area contributed by atoms with Gasteiger partial charge in [0.15, 0.2) is 18.4 Å². The summed E-state index contributed by atoms with van der Waals surface area (Å²) in [5, 5.41) is 69.5. The fraction of sp³-hybridized carbons (Fsp3) is 0.857. The molecule has 2 amide bonds. The summed E-state index contributed by atoms with van der Waals surface area (Å²) in [5.74, 6) is -1.30. The van der Waals surface area contributed by atoms with Crippen molar-refractivity contribution in [1.29, 1.82) is 0 Å². The molecule has 0 aromatic carbocycles. The molecule has 19 heteroatoms. The summed E-state index contributed by atoms with van der Waals surface area (Å²) in [5.41, 5.74) is 0. The molecule has 7 heterocycles. The van der Waals surface area contributed by atoms with Gasteiger partial charge in [-0.15, -0.1) is 5.10 Å². The van der Waals surface area contributed by atoms with Crippen molar-refractivity contribution < 1.29 is 63.5 Å². The molecule has 47 heavy (non-hydrogen) atoms. The normalized spacial score (nSPS) is 33.7. The van der Waals surface area contributed by atoms with Crippen LogP contribution in [0.4, 0.5) is 5.82 Å². The predicted octanol–water partition coefficient (Wildman–Crippen LogP) is -3.94. The Morgan fingerprint density at radius 1 is 1.02 bits per heavy atom. The van der Waals surface area contributed by atoms with Crippen LogP contribution in [0.2, 0.25) is 0 Å². The fourth-order valence-electron chi connectivity index (χ4n) is 5.78. The second kappa shape index (κ2) is 18.4. The molecule has 6 aliphatic heterocycles. The first-order valence-corrected chi connectivity index (χ1v) is 15.8. The average Bonchev–Trinajstić information content (AvgIpc) is 3.49. The molecule has 0 aliphatic carbocycles. The van der Waals surface area contributed by atoms with Crippen LogP contribution in [0.5, 0.6) is 0 Å². The number of hydrogen-bond donors (Lipinski definition) is 8. The van der Waals surface area contributed by atoms with Crippen molar-refractivity contribution in [3.8, 4) is 0 Å². The second-order valence-electron chi connectivity index (χ2n) is 11.7. The van der Waals surface area contributed by atoms with Gasteiger partial charge in [-0.05, 0) is 19.9 Å². The third-order valence-corrected chi connectivity index (χ3v) is 8.38. The van der Waals surface area contributed by atoms with Gasteiger partial charge in [-0.2, -0.15) is 0 Å². The van der Waals surface area contributed by atoms with Crippen molar-refractivity contribution in [3.05, 3.63) is 6.20 Å². The molecule has 6 aliphatic rings. The minimum absolute atomic E-state index is 0.0412. The molecule has 6 unspecified atom stereocenters. The first-order valence-electron chi connectivity index (χ1n) is 15.8. The number of rotatable bonds is 14. The first-order chi connectivity index (χ1) is 22.7. The lowest BCUT2D eigenvalue weighted by molar-refractivity contribution is -0.357. The largest absolute Gasteiger partial charge is 0.394 e. The Hall–Kier alpha value is -2.40. The summed E-state index contributed by atoms with van der Waals surface area (Å²) >= 11 is 0. The van der Waals surface area contributed by atoms with E-state index in [4.69, 9.17) is 28.4 Å². The van der Waals surface area contributed by atoms with E-state index >= 15 is 0 Å². The summed E-state index contributed by atoms with van der Waals surface area (Å²) in [6.07, 6.45) is -8.89. The van der Waals surface area contributed by atoms with Crippen LogP contribution in [0.15, 0.2) is 6.20 Å². The van der Waals surface area contributed by atoms with E-state index in [-0.39, 0.29) is 37.8 Å². The minimum Gasteiger partial charge on any atom is -0.394 e. The van der Waals surface area contributed by atoms with Gasteiger partial charge in [0.1, 0.15) is 30.5 Å². The maximum Gasteiger partial charge on any atom is 0.237 e. The van der Waals surface area contributed by atoms with Gasteiger partial charge in [-0.25, -0.2) is 4.68 Å². The van der Waals surface area contributed by atoms with E-state index in [1.54, 1.807) is 14.2 Å². The maximum atomic E-state index is 12.7. The van der Waals surface area contributed by atoms with Crippen LogP contribution in [0.1, 0.15) is 25.7 Å². The molecule has 11 atom stereocenters. The highest BCUT2D eigenvalue weighted by molar-refractivity contribution is 5.94. The average molecular weight is 677 g/mol. The SMILES string of the molecule is CNC(CC(=O)Nc1cn(CC2O[C@@H]3OC4C(CO)O[C@H](OCCCCC2[C@H](O)C3O)[C@@H](O)[C@@H]4O)nn1)C(=O)NCCOCCOC. The Balaban J connectivity index is 1.37. The molecule has 0 radical (unpaired) electrons. The molecule has 19 nitrogen and oxygen atoms in total. The highest BCUT2D eigenvalue weighted by Crippen LogP contribution is 2.35. The molecule has 0 saturated carbocycles. The molecular weight excluding hydrogens is 628 g/mol. The van der Waals surface area contributed by atoms with Crippen molar-refractivity contribution in [2.24, 2.45) is 5.92 Å². The van der Waals surface area contributed by atoms with Gasteiger partial charge in [0.25, 0.3) is 0 Å². The van der Waals surface area contributed by atoms with Crippen LogP contribution < -0.4 is 16.0 Å². The Bertz CT molecular complexity index is 1110. The van der Waals surface area contributed by atoms with Gasteiger partial charge in [0, 0.05) is 26.2 Å². The van der Waals surface area contributed by atoms with E-state index in [0.717, 1.165) is 0 Å². The molecular formula is C28H48N6O13. The Labute approximate surface area is 271 Å². The van der Waals surface area contributed by atoms with Gasteiger partial charge in [-0.1, -0.05) is 11.6 Å². The molecule has 6 fully saturated rings. The standard InChI is InChI=1S/C28H48N6O13/c1-29-16(26(41)30-6-8-43-10-9-42-2)11-20(36)31-19-13-34(33-32-19)12-17-15-5-3-4-7-44-27-24(40)22(38)25(18(14-35)46-27)47-28(45-17)23(39)21(15)37/h13,15-18,21-25,27-29,35,37-40H,3-12,14H2,1-2H3,(H,30,41)(H,31,36)/t15?,16?,17?,18?,21-,22-,23?,24-,25?,27-,28+/m0/s1.